The first-order chi connectivity index (χ1) is 10.6. The van der Waals surface area contributed by atoms with E-state index >= 15 is 0 Å². The van der Waals surface area contributed by atoms with E-state index in [-0.39, 0.29) is 0 Å². The van der Waals surface area contributed by atoms with Gasteiger partial charge in [-0.1, -0.05) is 26.0 Å². The van der Waals surface area contributed by atoms with Crippen molar-refractivity contribution in [1.29, 1.82) is 0 Å². The standard InChI is InChI=1S/C19H20N2O/c1-13(2)11-19(22)18-6-4-16-12-15(3-5-17(16)21-18)14-7-9-20-10-8-14/h3-10,12-13,19,22H,11H2,1-2H3. The predicted octanol–water partition coefficient (Wildman–Crippen LogP) is 4.38. The van der Waals surface area contributed by atoms with Crippen LogP contribution in [0.25, 0.3) is 22.0 Å². The van der Waals surface area contributed by atoms with Crippen molar-refractivity contribution in [2.45, 2.75) is 26.4 Å². The van der Waals surface area contributed by atoms with E-state index in [2.05, 4.69) is 35.9 Å². The Hall–Kier alpha value is -2.26. The van der Waals surface area contributed by atoms with Gasteiger partial charge in [0.1, 0.15) is 0 Å². The Morgan fingerprint density at radius 3 is 2.45 bits per heavy atom. The van der Waals surface area contributed by atoms with E-state index in [1.807, 2.05) is 30.3 Å². The molecule has 0 bridgehead atoms. The van der Waals surface area contributed by atoms with E-state index in [1.54, 1.807) is 12.4 Å². The Morgan fingerprint density at radius 1 is 0.955 bits per heavy atom. The quantitative estimate of drug-likeness (QED) is 0.776. The zero-order chi connectivity index (χ0) is 15.5. The van der Waals surface area contributed by atoms with Gasteiger partial charge in [-0.05, 0) is 53.8 Å². The van der Waals surface area contributed by atoms with E-state index in [0.717, 1.165) is 34.1 Å². The lowest BCUT2D eigenvalue weighted by atomic mass is 10.0. The summed E-state index contributed by atoms with van der Waals surface area (Å²) in [5, 5.41) is 11.3. The van der Waals surface area contributed by atoms with Gasteiger partial charge in [0.2, 0.25) is 0 Å². The zero-order valence-corrected chi connectivity index (χ0v) is 12.9. The van der Waals surface area contributed by atoms with Crippen LogP contribution in [0.4, 0.5) is 0 Å². The molecule has 0 amide bonds. The van der Waals surface area contributed by atoms with E-state index < -0.39 is 6.10 Å². The van der Waals surface area contributed by atoms with Gasteiger partial charge in [0.25, 0.3) is 0 Å². The molecule has 3 nitrogen and oxygen atoms in total. The molecular formula is C19H20N2O. The number of pyridine rings is 2. The Balaban J connectivity index is 1.95. The minimum atomic E-state index is -0.496. The Morgan fingerprint density at radius 2 is 1.73 bits per heavy atom. The van der Waals surface area contributed by atoms with Crippen LogP contribution in [-0.4, -0.2) is 15.1 Å². The minimum Gasteiger partial charge on any atom is -0.387 e. The second-order valence-electron chi connectivity index (χ2n) is 6.02. The second kappa shape index (κ2) is 6.24. The van der Waals surface area contributed by atoms with Crippen LogP contribution < -0.4 is 0 Å². The molecule has 22 heavy (non-hydrogen) atoms. The van der Waals surface area contributed by atoms with Crippen LogP contribution in [0.15, 0.2) is 54.9 Å². The van der Waals surface area contributed by atoms with Crippen molar-refractivity contribution in [3.05, 3.63) is 60.6 Å². The van der Waals surface area contributed by atoms with E-state index in [1.165, 1.54) is 0 Å². The van der Waals surface area contributed by atoms with Crippen molar-refractivity contribution in [1.82, 2.24) is 9.97 Å². The molecule has 3 heteroatoms. The van der Waals surface area contributed by atoms with Crippen molar-refractivity contribution in [2.24, 2.45) is 5.92 Å². The lowest BCUT2D eigenvalue weighted by molar-refractivity contribution is 0.147. The molecule has 3 aromatic rings. The summed E-state index contributed by atoms with van der Waals surface area (Å²) in [6, 6.07) is 14.1. The first-order valence-corrected chi connectivity index (χ1v) is 7.62. The number of aliphatic hydroxyl groups excluding tert-OH is 1. The summed E-state index contributed by atoms with van der Waals surface area (Å²) in [4.78, 5) is 8.65. The fourth-order valence-electron chi connectivity index (χ4n) is 2.62. The molecule has 1 aromatic carbocycles. The van der Waals surface area contributed by atoms with Crippen LogP contribution in [-0.2, 0) is 0 Å². The number of hydrogen-bond acceptors (Lipinski definition) is 3. The van der Waals surface area contributed by atoms with Crippen LogP contribution in [0.5, 0.6) is 0 Å². The summed E-state index contributed by atoms with van der Waals surface area (Å²) in [6.07, 6.45) is 3.82. The third kappa shape index (κ3) is 3.15. The molecule has 0 aliphatic carbocycles. The molecule has 0 fully saturated rings. The van der Waals surface area contributed by atoms with E-state index in [4.69, 9.17) is 0 Å². The maximum atomic E-state index is 10.2. The highest BCUT2D eigenvalue weighted by molar-refractivity contribution is 5.84. The van der Waals surface area contributed by atoms with Gasteiger partial charge in [-0.25, -0.2) is 0 Å². The van der Waals surface area contributed by atoms with Crippen LogP contribution >= 0.6 is 0 Å². The molecular weight excluding hydrogens is 272 g/mol. The highest BCUT2D eigenvalue weighted by atomic mass is 16.3. The SMILES string of the molecule is CC(C)CC(O)c1ccc2cc(-c3ccncc3)ccc2n1. The molecule has 0 aliphatic heterocycles. The molecule has 0 aliphatic rings. The normalized spacial score (nSPS) is 12.7. The molecule has 3 rings (SSSR count). The summed E-state index contributed by atoms with van der Waals surface area (Å²) in [6.45, 7) is 4.20. The number of aromatic nitrogens is 2. The Kier molecular flexibility index (Phi) is 4.16. The van der Waals surface area contributed by atoms with Crippen LogP contribution in [0.3, 0.4) is 0 Å². The van der Waals surface area contributed by atoms with E-state index in [0.29, 0.717) is 5.92 Å². The highest BCUT2D eigenvalue weighted by Gasteiger charge is 2.12. The Labute approximate surface area is 130 Å². The van der Waals surface area contributed by atoms with Crippen LogP contribution in [0.2, 0.25) is 0 Å². The van der Waals surface area contributed by atoms with Crippen molar-refractivity contribution >= 4 is 10.9 Å². The summed E-state index contributed by atoms with van der Waals surface area (Å²) in [5.41, 5.74) is 3.95. The van der Waals surface area contributed by atoms with Gasteiger partial charge >= 0.3 is 0 Å². The fraction of sp³-hybridized carbons (Fsp3) is 0.263. The molecule has 0 saturated carbocycles. The number of aliphatic hydroxyl groups is 1. The summed E-state index contributed by atoms with van der Waals surface area (Å²) < 4.78 is 0. The molecule has 2 heterocycles. The Bertz CT molecular complexity index is 769. The largest absolute Gasteiger partial charge is 0.387 e. The molecule has 0 spiro atoms. The van der Waals surface area contributed by atoms with Crippen molar-refractivity contribution in [3.8, 4) is 11.1 Å². The highest BCUT2D eigenvalue weighted by Crippen LogP contribution is 2.26. The lowest BCUT2D eigenvalue weighted by Gasteiger charge is -2.13. The minimum absolute atomic E-state index is 0.446. The molecule has 0 saturated heterocycles. The molecule has 112 valence electrons. The smallest absolute Gasteiger partial charge is 0.0962 e. The average Bonchev–Trinajstić information content (AvgIpc) is 2.54. The van der Waals surface area contributed by atoms with Gasteiger partial charge in [0, 0.05) is 17.8 Å². The van der Waals surface area contributed by atoms with Gasteiger partial charge in [-0.15, -0.1) is 0 Å². The molecule has 0 radical (unpaired) electrons. The molecule has 1 N–H and O–H groups in total. The van der Waals surface area contributed by atoms with Gasteiger partial charge < -0.3 is 5.11 Å². The third-order valence-corrected chi connectivity index (χ3v) is 3.76. The van der Waals surface area contributed by atoms with Gasteiger partial charge in [0.15, 0.2) is 0 Å². The van der Waals surface area contributed by atoms with Crippen LogP contribution in [0, 0.1) is 5.92 Å². The topological polar surface area (TPSA) is 46.0 Å². The third-order valence-electron chi connectivity index (χ3n) is 3.76. The summed E-state index contributed by atoms with van der Waals surface area (Å²) >= 11 is 0. The van der Waals surface area contributed by atoms with Crippen molar-refractivity contribution in [3.63, 3.8) is 0 Å². The molecule has 1 unspecified atom stereocenters. The summed E-state index contributed by atoms with van der Waals surface area (Å²) in [7, 11) is 0. The van der Waals surface area contributed by atoms with Crippen LogP contribution in [0.1, 0.15) is 32.1 Å². The number of rotatable bonds is 4. The predicted molar refractivity (Wildman–Crippen MR) is 89.4 cm³/mol. The monoisotopic (exact) mass is 292 g/mol. The van der Waals surface area contributed by atoms with Gasteiger partial charge in [-0.2, -0.15) is 0 Å². The first kappa shape index (κ1) is 14.7. The van der Waals surface area contributed by atoms with Crippen molar-refractivity contribution in [2.75, 3.05) is 0 Å². The molecule has 1 atom stereocenters. The van der Waals surface area contributed by atoms with Gasteiger partial charge in [-0.3, -0.25) is 9.97 Å². The van der Waals surface area contributed by atoms with Crippen molar-refractivity contribution < 1.29 is 5.11 Å². The molecule has 2 aromatic heterocycles. The summed E-state index contributed by atoms with van der Waals surface area (Å²) in [5.74, 6) is 0.446. The number of nitrogens with zero attached hydrogens (tertiary/aromatic N) is 2. The maximum absolute atomic E-state index is 10.2. The number of hydrogen-bond donors (Lipinski definition) is 1. The van der Waals surface area contributed by atoms with Gasteiger partial charge in [0.05, 0.1) is 17.3 Å². The fourth-order valence-corrected chi connectivity index (χ4v) is 2.62. The zero-order valence-electron chi connectivity index (χ0n) is 12.9. The first-order valence-electron chi connectivity index (χ1n) is 7.62. The lowest BCUT2D eigenvalue weighted by Crippen LogP contribution is -2.04. The maximum Gasteiger partial charge on any atom is 0.0962 e. The number of fused-ring (bicyclic) bond motifs is 1. The number of benzene rings is 1. The average molecular weight is 292 g/mol. The van der Waals surface area contributed by atoms with E-state index in [9.17, 15) is 5.11 Å². The second-order valence-corrected chi connectivity index (χ2v) is 6.02.